The molecule has 0 aromatic rings. The van der Waals surface area contributed by atoms with Crippen molar-refractivity contribution in [2.24, 2.45) is 0 Å². The molecule has 7 heavy (non-hydrogen) atoms. The molecule has 0 spiro atoms. The Labute approximate surface area is 40.3 Å². The van der Waals surface area contributed by atoms with Gasteiger partial charge in [-0.25, -0.2) is 4.79 Å². The Morgan fingerprint density at radius 3 is 2.00 bits per heavy atom. The van der Waals surface area contributed by atoms with Crippen molar-refractivity contribution in [1.29, 1.82) is 0 Å². The predicted octanol–water partition coefficient (Wildman–Crippen LogP) is -0.174. The number of carbonyl (C=O) groups is 2. The lowest BCUT2D eigenvalue weighted by Crippen LogP contribution is -2.07. The van der Waals surface area contributed by atoms with Crippen LogP contribution in [0.4, 0.5) is 0 Å². The van der Waals surface area contributed by atoms with Crippen LogP contribution in [0.3, 0.4) is 0 Å². The number of aliphatic carboxylic acids is 1. The predicted molar refractivity (Wildman–Crippen MR) is 22.8 cm³/mol. The highest BCUT2D eigenvalue weighted by atomic mass is 16.4. The van der Waals surface area contributed by atoms with E-state index in [9.17, 15) is 9.59 Å². The molecular weight excluding hydrogens is 96.0 g/mol. The SMILES string of the molecule is C=CC(=O)C(=O)O. The van der Waals surface area contributed by atoms with Crippen molar-refractivity contribution in [2.45, 2.75) is 0 Å². The van der Waals surface area contributed by atoms with E-state index in [1.54, 1.807) is 0 Å². The van der Waals surface area contributed by atoms with Crippen molar-refractivity contribution in [1.82, 2.24) is 0 Å². The molecule has 0 aromatic carbocycles. The van der Waals surface area contributed by atoms with Gasteiger partial charge in [-0.3, -0.25) is 4.79 Å². The Balaban J connectivity index is 3.81. The largest absolute Gasteiger partial charge is 0.475 e. The third-order valence-corrected chi connectivity index (χ3v) is 0.396. The zero-order valence-corrected chi connectivity index (χ0v) is 3.55. The van der Waals surface area contributed by atoms with Gasteiger partial charge in [0.1, 0.15) is 0 Å². The van der Waals surface area contributed by atoms with Crippen LogP contribution in [0.1, 0.15) is 0 Å². The van der Waals surface area contributed by atoms with E-state index in [2.05, 4.69) is 6.58 Å². The molecule has 0 aromatic heterocycles. The molecule has 0 saturated carbocycles. The minimum Gasteiger partial charge on any atom is -0.475 e. The summed E-state index contributed by atoms with van der Waals surface area (Å²) < 4.78 is 0. The number of rotatable bonds is 2. The third-order valence-electron chi connectivity index (χ3n) is 0.396. The summed E-state index contributed by atoms with van der Waals surface area (Å²) in [7, 11) is 0. The smallest absolute Gasteiger partial charge is 0.376 e. The summed E-state index contributed by atoms with van der Waals surface area (Å²) in [5.41, 5.74) is 0. The minimum absolute atomic E-state index is 0.752. The van der Waals surface area contributed by atoms with Gasteiger partial charge in [0.2, 0.25) is 0 Å². The fraction of sp³-hybridized carbons (Fsp3) is 0. The van der Waals surface area contributed by atoms with Crippen LogP contribution in [0.25, 0.3) is 0 Å². The summed E-state index contributed by atoms with van der Waals surface area (Å²) in [6, 6.07) is 0. The van der Waals surface area contributed by atoms with E-state index in [4.69, 9.17) is 5.11 Å². The van der Waals surface area contributed by atoms with E-state index < -0.39 is 11.8 Å². The highest BCUT2D eigenvalue weighted by Crippen LogP contribution is 1.68. The summed E-state index contributed by atoms with van der Waals surface area (Å²) >= 11 is 0. The molecular formula is C4H4O3. The van der Waals surface area contributed by atoms with E-state index in [1.165, 1.54) is 0 Å². The van der Waals surface area contributed by atoms with E-state index in [0.29, 0.717) is 0 Å². The molecule has 0 aliphatic carbocycles. The van der Waals surface area contributed by atoms with Gasteiger partial charge in [-0.15, -0.1) is 0 Å². The van der Waals surface area contributed by atoms with Gasteiger partial charge in [0.15, 0.2) is 0 Å². The molecule has 3 heteroatoms. The molecule has 0 radical (unpaired) electrons. The number of carboxylic acids is 1. The first-order valence-electron chi connectivity index (χ1n) is 1.58. The van der Waals surface area contributed by atoms with Crippen LogP contribution in [-0.4, -0.2) is 16.9 Å². The van der Waals surface area contributed by atoms with Crippen molar-refractivity contribution in [2.75, 3.05) is 0 Å². The lowest BCUT2D eigenvalue weighted by atomic mass is 10.4. The highest BCUT2D eigenvalue weighted by Gasteiger charge is 2.02. The van der Waals surface area contributed by atoms with E-state index in [1.807, 2.05) is 0 Å². The van der Waals surface area contributed by atoms with Crippen molar-refractivity contribution in [3.05, 3.63) is 12.7 Å². The fourth-order valence-corrected chi connectivity index (χ4v) is 0.0873. The maximum absolute atomic E-state index is 9.79. The molecule has 0 aliphatic rings. The molecule has 0 amide bonds. The van der Waals surface area contributed by atoms with Crippen molar-refractivity contribution in [3.63, 3.8) is 0 Å². The van der Waals surface area contributed by atoms with Gasteiger partial charge in [-0.05, 0) is 6.08 Å². The van der Waals surface area contributed by atoms with Gasteiger partial charge in [-0.2, -0.15) is 0 Å². The second kappa shape index (κ2) is 2.12. The molecule has 3 nitrogen and oxygen atoms in total. The molecule has 1 N–H and O–H groups in total. The van der Waals surface area contributed by atoms with Crippen molar-refractivity contribution < 1.29 is 14.7 Å². The van der Waals surface area contributed by atoms with E-state index in [0.717, 1.165) is 6.08 Å². The monoisotopic (exact) mass is 100 g/mol. The molecule has 0 rings (SSSR count). The van der Waals surface area contributed by atoms with Gasteiger partial charge < -0.3 is 5.11 Å². The zero-order chi connectivity index (χ0) is 5.86. The normalized spacial score (nSPS) is 7.43. The minimum atomic E-state index is -1.46. The second-order valence-electron chi connectivity index (χ2n) is 0.874. The van der Waals surface area contributed by atoms with Gasteiger partial charge in [0.05, 0.1) is 0 Å². The average molecular weight is 100 g/mol. The van der Waals surface area contributed by atoms with Crippen LogP contribution >= 0.6 is 0 Å². The molecule has 38 valence electrons. The molecule has 0 heterocycles. The van der Waals surface area contributed by atoms with Gasteiger partial charge in [0.25, 0.3) is 5.78 Å². The Morgan fingerprint density at radius 2 is 2.00 bits per heavy atom. The number of carbonyl (C=O) groups excluding carboxylic acids is 1. The zero-order valence-electron chi connectivity index (χ0n) is 3.55. The summed E-state index contributed by atoms with van der Waals surface area (Å²) in [6.07, 6.45) is 0.752. The Hall–Kier alpha value is -1.12. The van der Waals surface area contributed by atoms with Crippen LogP contribution in [-0.2, 0) is 9.59 Å². The average Bonchev–Trinajstić information content (AvgIpc) is 1.65. The standard InChI is InChI=1S/C4H4O3/c1-2-3(5)4(6)7/h2H,1H2,(H,6,7). The number of carboxylic acid groups (broad SMARTS) is 1. The molecule has 0 fully saturated rings. The van der Waals surface area contributed by atoms with Crippen LogP contribution < -0.4 is 0 Å². The molecule has 0 bridgehead atoms. The van der Waals surface area contributed by atoms with Crippen LogP contribution in [0.5, 0.6) is 0 Å². The highest BCUT2D eigenvalue weighted by molar-refractivity contribution is 6.37. The summed E-state index contributed by atoms with van der Waals surface area (Å²) in [4.78, 5) is 19.3. The topological polar surface area (TPSA) is 54.4 Å². The quantitative estimate of drug-likeness (QED) is 0.387. The summed E-state index contributed by atoms with van der Waals surface area (Å²) in [5, 5.41) is 7.76. The second-order valence-corrected chi connectivity index (χ2v) is 0.874. The number of hydrogen-bond donors (Lipinski definition) is 1. The van der Waals surface area contributed by atoms with Crippen molar-refractivity contribution in [3.8, 4) is 0 Å². The summed E-state index contributed by atoms with van der Waals surface area (Å²) in [5.74, 6) is -2.44. The molecule has 0 atom stereocenters. The first-order valence-corrected chi connectivity index (χ1v) is 1.58. The van der Waals surface area contributed by atoms with E-state index in [-0.39, 0.29) is 0 Å². The maximum Gasteiger partial charge on any atom is 0.376 e. The van der Waals surface area contributed by atoms with Crippen molar-refractivity contribution >= 4 is 11.8 Å². The first-order chi connectivity index (χ1) is 3.18. The molecule has 0 aliphatic heterocycles. The third kappa shape index (κ3) is 1.70. The summed E-state index contributed by atoms with van der Waals surface area (Å²) in [6.45, 7) is 2.95. The lowest BCUT2D eigenvalue weighted by Gasteiger charge is -1.75. The Bertz CT molecular complexity index is 114. The van der Waals surface area contributed by atoms with Gasteiger partial charge >= 0.3 is 5.97 Å². The Morgan fingerprint density at radius 1 is 1.57 bits per heavy atom. The lowest BCUT2D eigenvalue weighted by molar-refractivity contribution is -0.146. The van der Waals surface area contributed by atoms with Gasteiger partial charge in [0, 0.05) is 0 Å². The maximum atomic E-state index is 9.79. The van der Waals surface area contributed by atoms with Crippen LogP contribution in [0.2, 0.25) is 0 Å². The molecule has 0 saturated heterocycles. The first kappa shape index (κ1) is 5.88. The van der Waals surface area contributed by atoms with Crippen LogP contribution in [0, 0.1) is 0 Å². The fourth-order valence-electron chi connectivity index (χ4n) is 0.0873. The number of hydrogen-bond acceptors (Lipinski definition) is 2. The van der Waals surface area contributed by atoms with E-state index >= 15 is 0 Å². The molecule has 0 unspecified atom stereocenters. The van der Waals surface area contributed by atoms with Gasteiger partial charge in [-0.1, -0.05) is 6.58 Å². The Kier molecular flexibility index (Phi) is 1.78. The number of ketones is 1. The van der Waals surface area contributed by atoms with Crippen LogP contribution in [0.15, 0.2) is 12.7 Å².